The van der Waals surface area contributed by atoms with Crippen LogP contribution in [0.4, 0.5) is 0 Å². The Hall–Kier alpha value is -0.0800. The maximum absolute atomic E-state index is 5.40. The fraction of sp³-hybridized carbons (Fsp3) is 1.00. The van der Waals surface area contributed by atoms with E-state index in [0.717, 1.165) is 12.8 Å². The monoisotopic (exact) mass is 202 g/mol. The van der Waals surface area contributed by atoms with Crippen LogP contribution in [0, 0.1) is 0 Å². The zero-order valence-corrected chi connectivity index (χ0v) is 10.4. The normalized spacial score (nSPS) is 14.4. The van der Waals surface area contributed by atoms with Crippen molar-refractivity contribution in [3.05, 3.63) is 0 Å². The molecule has 0 saturated carbocycles. The van der Waals surface area contributed by atoms with E-state index in [4.69, 9.17) is 9.78 Å². The van der Waals surface area contributed by atoms with Crippen molar-refractivity contribution in [2.45, 2.75) is 78.4 Å². The number of rotatable bonds is 7. The average molecular weight is 202 g/mol. The third kappa shape index (κ3) is 8.52. The summed E-state index contributed by atoms with van der Waals surface area (Å²) in [4.78, 5) is 10.7. The van der Waals surface area contributed by atoms with Crippen molar-refractivity contribution < 1.29 is 9.78 Å². The molecule has 0 aromatic heterocycles. The molecule has 0 aliphatic heterocycles. The smallest absolute Gasteiger partial charge is 0.0952 e. The molecule has 0 aromatic rings. The molecule has 0 saturated heterocycles. The van der Waals surface area contributed by atoms with Gasteiger partial charge in [0.1, 0.15) is 0 Å². The summed E-state index contributed by atoms with van der Waals surface area (Å²) in [6, 6.07) is 0. The number of hydrogen-bond acceptors (Lipinski definition) is 2. The van der Waals surface area contributed by atoms with E-state index < -0.39 is 0 Å². The Balaban J connectivity index is 3.58. The van der Waals surface area contributed by atoms with E-state index in [1.54, 1.807) is 0 Å². The highest BCUT2D eigenvalue weighted by molar-refractivity contribution is 4.57. The molecule has 0 aromatic carbocycles. The molecule has 0 radical (unpaired) electrons. The summed E-state index contributed by atoms with van der Waals surface area (Å²) < 4.78 is 0. The standard InChI is InChI=1S/C12H26O2/c1-6-8-9-10-11(7-2)13-14-12(3,4)5/h11H,6-10H2,1-5H3. The van der Waals surface area contributed by atoms with Gasteiger partial charge in [-0.1, -0.05) is 33.1 Å². The highest BCUT2D eigenvalue weighted by Gasteiger charge is 2.15. The van der Waals surface area contributed by atoms with Gasteiger partial charge in [-0.05, 0) is 33.6 Å². The summed E-state index contributed by atoms with van der Waals surface area (Å²) in [5.74, 6) is 0. The molecule has 0 aliphatic carbocycles. The van der Waals surface area contributed by atoms with Crippen LogP contribution in [0.1, 0.15) is 66.7 Å². The molecule has 0 fully saturated rings. The predicted octanol–water partition coefficient (Wildman–Crippen LogP) is 4.09. The van der Waals surface area contributed by atoms with Gasteiger partial charge in [0, 0.05) is 0 Å². The van der Waals surface area contributed by atoms with Crippen LogP contribution in [0.25, 0.3) is 0 Å². The summed E-state index contributed by atoms with van der Waals surface area (Å²) in [6.45, 7) is 10.4. The first kappa shape index (κ1) is 13.9. The second-order valence-corrected chi connectivity index (χ2v) is 4.82. The molecular weight excluding hydrogens is 176 g/mol. The fourth-order valence-corrected chi connectivity index (χ4v) is 1.15. The summed E-state index contributed by atoms with van der Waals surface area (Å²) in [5, 5.41) is 0. The molecule has 1 atom stereocenters. The Labute approximate surface area is 88.9 Å². The van der Waals surface area contributed by atoms with E-state index in [1.165, 1.54) is 19.3 Å². The second-order valence-electron chi connectivity index (χ2n) is 4.82. The lowest BCUT2D eigenvalue weighted by Crippen LogP contribution is -2.24. The molecule has 2 nitrogen and oxygen atoms in total. The van der Waals surface area contributed by atoms with E-state index in [-0.39, 0.29) is 11.7 Å². The van der Waals surface area contributed by atoms with Crippen molar-refractivity contribution in [1.82, 2.24) is 0 Å². The highest BCUT2D eigenvalue weighted by Crippen LogP contribution is 2.15. The van der Waals surface area contributed by atoms with Crippen molar-refractivity contribution in [3.8, 4) is 0 Å². The molecular formula is C12H26O2. The molecule has 0 rings (SSSR count). The van der Waals surface area contributed by atoms with E-state index in [2.05, 4.69) is 13.8 Å². The lowest BCUT2D eigenvalue weighted by molar-refractivity contribution is -0.374. The van der Waals surface area contributed by atoms with Crippen molar-refractivity contribution >= 4 is 0 Å². The first-order valence-corrected chi connectivity index (χ1v) is 5.84. The van der Waals surface area contributed by atoms with Crippen molar-refractivity contribution in [1.29, 1.82) is 0 Å². The molecule has 0 aliphatic rings. The largest absolute Gasteiger partial charge is 0.233 e. The van der Waals surface area contributed by atoms with E-state index >= 15 is 0 Å². The van der Waals surface area contributed by atoms with Crippen LogP contribution < -0.4 is 0 Å². The maximum atomic E-state index is 5.40. The van der Waals surface area contributed by atoms with Crippen molar-refractivity contribution in [3.63, 3.8) is 0 Å². The predicted molar refractivity (Wildman–Crippen MR) is 60.1 cm³/mol. The molecule has 1 unspecified atom stereocenters. The Morgan fingerprint density at radius 2 is 1.71 bits per heavy atom. The third-order valence-electron chi connectivity index (χ3n) is 2.02. The maximum Gasteiger partial charge on any atom is 0.0952 e. The van der Waals surface area contributed by atoms with Crippen LogP contribution in [0.5, 0.6) is 0 Å². The van der Waals surface area contributed by atoms with E-state index in [0.29, 0.717) is 0 Å². The first-order valence-electron chi connectivity index (χ1n) is 5.84. The summed E-state index contributed by atoms with van der Waals surface area (Å²) in [7, 11) is 0. The quantitative estimate of drug-likeness (QED) is 0.351. The van der Waals surface area contributed by atoms with Gasteiger partial charge in [0.05, 0.1) is 11.7 Å². The van der Waals surface area contributed by atoms with Gasteiger partial charge >= 0.3 is 0 Å². The van der Waals surface area contributed by atoms with Crippen LogP contribution in [-0.4, -0.2) is 11.7 Å². The fourth-order valence-electron chi connectivity index (χ4n) is 1.15. The van der Waals surface area contributed by atoms with Crippen LogP contribution in [0.2, 0.25) is 0 Å². The van der Waals surface area contributed by atoms with Gasteiger partial charge in [0.15, 0.2) is 0 Å². The summed E-state index contributed by atoms with van der Waals surface area (Å²) in [5.41, 5.74) is -0.196. The Kier molecular flexibility index (Phi) is 7.20. The summed E-state index contributed by atoms with van der Waals surface area (Å²) >= 11 is 0. The molecule has 14 heavy (non-hydrogen) atoms. The Morgan fingerprint density at radius 3 is 2.14 bits per heavy atom. The molecule has 0 heterocycles. The molecule has 0 amide bonds. The lowest BCUT2D eigenvalue weighted by Gasteiger charge is -2.22. The topological polar surface area (TPSA) is 18.5 Å². The molecule has 0 bridgehead atoms. The Bertz CT molecular complexity index is 127. The minimum absolute atomic E-state index is 0.196. The van der Waals surface area contributed by atoms with Crippen molar-refractivity contribution in [2.75, 3.05) is 0 Å². The number of unbranched alkanes of at least 4 members (excludes halogenated alkanes) is 2. The van der Waals surface area contributed by atoms with Crippen molar-refractivity contribution in [2.24, 2.45) is 0 Å². The number of hydrogen-bond donors (Lipinski definition) is 0. The van der Waals surface area contributed by atoms with Gasteiger partial charge in [-0.25, -0.2) is 9.78 Å². The zero-order valence-electron chi connectivity index (χ0n) is 10.4. The first-order chi connectivity index (χ1) is 6.49. The second kappa shape index (κ2) is 7.24. The highest BCUT2D eigenvalue weighted by atomic mass is 17.2. The lowest BCUT2D eigenvalue weighted by atomic mass is 10.1. The van der Waals surface area contributed by atoms with Gasteiger partial charge in [-0.2, -0.15) is 0 Å². The molecule has 0 spiro atoms. The van der Waals surface area contributed by atoms with Gasteiger partial charge in [-0.15, -0.1) is 0 Å². The summed E-state index contributed by atoms with van der Waals surface area (Å²) in [6.07, 6.45) is 6.19. The molecule has 2 heteroatoms. The van der Waals surface area contributed by atoms with Crippen LogP contribution in [0.15, 0.2) is 0 Å². The Morgan fingerprint density at radius 1 is 1.07 bits per heavy atom. The third-order valence-corrected chi connectivity index (χ3v) is 2.02. The van der Waals surface area contributed by atoms with Crippen LogP contribution in [-0.2, 0) is 9.78 Å². The van der Waals surface area contributed by atoms with Gasteiger partial charge in [0.2, 0.25) is 0 Å². The van der Waals surface area contributed by atoms with Crippen LogP contribution >= 0.6 is 0 Å². The average Bonchev–Trinajstić information content (AvgIpc) is 2.09. The minimum atomic E-state index is -0.196. The van der Waals surface area contributed by atoms with Crippen LogP contribution in [0.3, 0.4) is 0 Å². The van der Waals surface area contributed by atoms with E-state index in [9.17, 15) is 0 Å². The zero-order chi connectivity index (χ0) is 11.0. The molecule has 86 valence electrons. The van der Waals surface area contributed by atoms with E-state index in [1.807, 2.05) is 20.8 Å². The molecule has 0 N–H and O–H groups in total. The van der Waals surface area contributed by atoms with Gasteiger partial charge < -0.3 is 0 Å². The SMILES string of the molecule is CCCCCC(CC)OOC(C)(C)C. The minimum Gasteiger partial charge on any atom is -0.233 e. The van der Waals surface area contributed by atoms with Gasteiger partial charge in [0.25, 0.3) is 0 Å². The van der Waals surface area contributed by atoms with Gasteiger partial charge in [-0.3, -0.25) is 0 Å².